The van der Waals surface area contributed by atoms with Crippen molar-refractivity contribution in [2.75, 3.05) is 45.0 Å². The van der Waals surface area contributed by atoms with E-state index in [9.17, 15) is 4.79 Å². The van der Waals surface area contributed by atoms with Crippen molar-refractivity contribution in [1.29, 1.82) is 5.41 Å². The highest BCUT2D eigenvalue weighted by molar-refractivity contribution is 6.67. The molecule has 7 N–H and O–H groups in total. The zero-order chi connectivity index (χ0) is 24.4. The van der Waals surface area contributed by atoms with Crippen molar-refractivity contribution in [1.82, 2.24) is 4.90 Å². The van der Waals surface area contributed by atoms with E-state index >= 15 is 0 Å². The predicted molar refractivity (Wildman–Crippen MR) is 135 cm³/mol. The van der Waals surface area contributed by atoms with Crippen LogP contribution in [0.4, 0.5) is 5.69 Å². The van der Waals surface area contributed by atoms with E-state index in [1.807, 2.05) is 19.1 Å². The lowest BCUT2D eigenvalue weighted by molar-refractivity contribution is -0.114. The van der Waals surface area contributed by atoms with Crippen LogP contribution in [-0.4, -0.2) is 68.2 Å². The molecule has 0 radical (unpaired) electrons. The molecular formula is C21H33Cl2N7O4. The molecule has 1 heterocycles. The minimum atomic E-state index is -1.02. The third-order valence-electron chi connectivity index (χ3n) is 4.77. The fourth-order valence-electron chi connectivity index (χ4n) is 3.02. The standard InChI is InChI=1S/C21H32ClN7O4.ClH/c1-3-4-9-28(14-5-7-15(8-6-14)33-13-12-32-11-10-31-2)21(26)29-18(23)16(20(25)30)27-17(22)19(29)24;/h5-8,19,26H,3-4,9-13,23-24H2,1-2H3,(H2,25,30);1H. The summed E-state index contributed by atoms with van der Waals surface area (Å²) < 4.78 is 16.0. The second kappa shape index (κ2) is 14.6. The van der Waals surface area contributed by atoms with Crippen molar-refractivity contribution >= 4 is 46.7 Å². The summed E-state index contributed by atoms with van der Waals surface area (Å²) in [6.07, 6.45) is 0.684. The Bertz CT molecular complexity index is 880. The number of nitrogens with two attached hydrogens (primary N) is 3. The van der Waals surface area contributed by atoms with Gasteiger partial charge in [-0.15, -0.1) is 12.4 Å². The number of nitrogens with one attached hydrogen (secondary N) is 1. The lowest BCUT2D eigenvalue weighted by atomic mass is 10.2. The van der Waals surface area contributed by atoms with Gasteiger partial charge in [0.1, 0.15) is 29.5 Å². The monoisotopic (exact) mass is 517 g/mol. The molecule has 13 heteroatoms. The fourth-order valence-corrected chi connectivity index (χ4v) is 3.20. The third-order valence-corrected chi connectivity index (χ3v) is 5.08. The number of unbranched alkanes of at least 4 members (excludes halogenated alkanes) is 1. The maximum Gasteiger partial charge on any atom is 0.271 e. The van der Waals surface area contributed by atoms with Crippen molar-refractivity contribution in [3.63, 3.8) is 0 Å². The normalized spacial score (nSPS) is 15.5. The second-order valence-corrected chi connectivity index (χ2v) is 7.51. The number of hydrogen-bond acceptors (Lipinski definition) is 8. The molecule has 0 saturated carbocycles. The Kier molecular flexibility index (Phi) is 12.7. The van der Waals surface area contributed by atoms with Crippen LogP contribution in [0.2, 0.25) is 0 Å². The van der Waals surface area contributed by atoms with E-state index < -0.39 is 12.1 Å². The number of anilines is 1. The SMILES string of the molecule is CCCCN(C(=N)N1C(N)=C(C(N)=O)N=C(Cl)C1N)c1ccc(OCCOCCOC)cc1.Cl. The predicted octanol–water partition coefficient (Wildman–Crippen LogP) is 1.54. The van der Waals surface area contributed by atoms with Gasteiger partial charge in [-0.1, -0.05) is 24.9 Å². The molecule has 2 rings (SSSR count). The number of amides is 1. The topological polar surface area (TPSA) is 166 Å². The van der Waals surface area contributed by atoms with E-state index in [1.165, 1.54) is 4.90 Å². The van der Waals surface area contributed by atoms with Crippen LogP contribution in [0.25, 0.3) is 0 Å². The van der Waals surface area contributed by atoms with Crippen molar-refractivity contribution < 1.29 is 19.0 Å². The molecule has 0 spiro atoms. The number of carbonyl (C=O) groups excluding carboxylic acids is 1. The summed E-state index contributed by atoms with van der Waals surface area (Å²) in [6, 6.07) is 7.25. The van der Waals surface area contributed by atoms with Gasteiger partial charge in [0.2, 0.25) is 5.96 Å². The Morgan fingerprint density at radius 2 is 1.88 bits per heavy atom. The summed E-state index contributed by atoms with van der Waals surface area (Å²) in [6.45, 7) is 4.45. The molecule has 1 amide bonds. The Morgan fingerprint density at radius 3 is 2.47 bits per heavy atom. The summed E-state index contributed by atoms with van der Waals surface area (Å²) in [5.74, 6) is -0.376. The number of ether oxygens (including phenoxy) is 3. The molecule has 1 aliphatic rings. The van der Waals surface area contributed by atoms with E-state index in [2.05, 4.69) is 4.99 Å². The van der Waals surface area contributed by atoms with Gasteiger partial charge in [-0.3, -0.25) is 15.1 Å². The average molecular weight is 518 g/mol. The third kappa shape index (κ3) is 7.74. The molecular weight excluding hydrogens is 485 g/mol. The molecule has 0 fully saturated rings. The molecule has 1 atom stereocenters. The molecule has 0 bridgehead atoms. The number of aliphatic imine (C=N–C) groups is 1. The van der Waals surface area contributed by atoms with Gasteiger partial charge in [0.05, 0.1) is 19.8 Å². The quantitative estimate of drug-likeness (QED) is 0.184. The van der Waals surface area contributed by atoms with Crippen LogP contribution in [0.15, 0.2) is 40.8 Å². The fraction of sp³-hybridized carbons (Fsp3) is 0.476. The first-order chi connectivity index (χ1) is 15.8. The molecule has 1 unspecified atom stereocenters. The van der Waals surface area contributed by atoms with Crippen LogP contribution in [0.5, 0.6) is 5.75 Å². The van der Waals surface area contributed by atoms with E-state index in [1.54, 1.807) is 24.1 Å². The number of methoxy groups -OCH3 is 1. The summed E-state index contributed by atoms with van der Waals surface area (Å²) in [5, 5.41) is 8.73. The minimum Gasteiger partial charge on any atom is -0.491 e. The number of nitrogens with zero attached hydrogens (tertiary/aromatic N) is 3. The molecule has 190 valence electrons. The molecule has 1 aromatic carbocycles. The molecule has 11 nitrogen and oxygen atoms in total. The zero-order valence-corrected chi connectivity index (χ0v) is 20.9. The number of primary amides is 1. The highest BCUT2D eigenvalue weighted by Crippen LogP contribution is 2.25. The van der Waals surface area contributed by atoms with Gasteiger partial charge in [-0.25, -0.2) is 4.99 Å². The molecule has 1 aromatic rings. The molecule has 1 aliphatic heterocycles. The summed E-state index contributed by atoms with van der Waals surface area (Å²) in [7, 11) is 1.62. The minimum absolute atomic E-state index is 0. The van der Waals surface area contributed by atoms with Crippen LogP contribution in [0, 0.1) is 5.41 Å². The number of halogens is 2. The summed E-state index contributed by atoms with van der Waals surface area (Å²) in [5.41, 5.74) is 18.1. The number of guanidine groups is 1. The van der Waals surface area contributed by atoms with Crippen LogP contribution in [-0.2, 0) is 14.3 Å². The second-order valence-electron chi connectivity index (χ2n) is 7.12. The molecule has 0 aliphatic carbocycles. The number of hydrogen-bond donors (Lipinski definition) is 4. The summed E-state index contributed by atoms with van der Waals surface area (Å²) in [4.78, 5) is 18.6. The van der Waals surface area contributed by atoms with Gasteiger partial charge < -0.3 is 36.3 Å². The largest absolute Gasteiger partial charge is 0.491 e. The van der Waals surface area contributed by atoms with E-state index in [-0.39, 0.29) is 35.1 Å². The first kappa shape index (κ1) is 29.5. The number of carbonyl (C=O) groups is 1. The van der Waals surface area contributed by atoms with Gasteiger partial charge >= 0.3 is 0 Å². The first-order valence-corrected chi connectivity index (χ1v) is 10.9. The van der Waals surface area contributed by atoms with E-state index in [4.69, 9.17) is 48.4 Å². The van der Waals surface area contributed by atoms with Gasteiger partial charge in [-0.2, -0.15) is 0 Å². The van der Waals surface area contributed by atoms with Gasteiger partial charge in [-0.05, 0) is 30.7 Å². The average Bonchev–Trinajstić information content (AvgIpc) is 2.79. The van der Waals surface area contributed by atoms with Crippen molar-refractivity contribution in [3.05, 3.63) is 35.8 Å². The Labute approximate surface area is 210 Å². The maximum absolute atomic E-state index is 11.7. The van der Waals surface area contributed by atoms with Crippen LogP contribution >= 0.6 is 24.0 Å². The van der Waals surface area contributed by atoms with Gasteiger partial charge in [0, 0.05) is 19.3 Å². The Morgan fingerprint density at radius 1 is 1.24 bits per heavy atom. The number of benzene rings is 1. The maximum atomic E-state index is 11.7. The van der Waals surface area contributed by atoms with Crippen molar-refractivity contribution in [2.24, 2.45) is 22.2 Å². The van der Waals surface area contributed by atoms with E-state index in [0.29, 0.717) is 38.7 Å². The Hall–Kier alpha value is -2.57. The zero-order valence-electron chi connectivity index (χ0n) is 19.3. The van der Waals surface area contributed by atoms with Crippen LogP contribution < -0.4 is 26.8 Å². The molecule has 0 aromatic heterocycles. The smallest absolute Gasteiger partial charge is 0.271 e. The first-order valence-electron chi connectivity index (χ1n) is 10.6. The summed E-state index contributed by atoms with van der Waals surface area (Å²) >= 11 is 6.11. The van der Waals surface area contributed by atoms with Crippen molar-refractivity contribution in [3.8, 4) is 5.75 Å². The van der Waals surface area contributed by atoms with Gasteiger partial charge in [0.15, 0.2) is 5.70 Å². The van der Waals surface area contributed by atoms with Crippen LogP contribution in [0.1, 0.15) is 19.8 Å². The van der Waals surface area contributed by atoms with Crippen LogP contribution in [0.3, 0.4) is 0 Å². The Balaban J connectivity index is 0.00000578. The lowest BCUT2D eigenvalue weighted by Gasteiger charge is -2.38. The molecule has 0 saturated heterocycles. The highest BCUT2D eigenvalue weighted by atomic mass is 35.5. The highest BCUT2D eigenvalue weighted by Gasteiger charge is 2.34. The lowest BCUT2D eigenvalue weighted by Crippen LogP contribution is -2.57. The van der Waals surface area contributed by atoms with Gasteiger partial charge in [0.25, 0.3) is 5.91 Å². The number of rotatable bonds is 12. The van der Waals surface area contributed by atoms with Crippen molar-refractivity contribution in [2.45, 2.75) is 25.9 Å². The molecule has 34 heavy (non-hydrogen) atoms. The van der Waals surface area contributed by atoms with E-state index in [0.717, 1.165) is 18.5 Å².